The maximum absolute atomic E-state index is 2.55. The molecule has 1 heterocycles. The summed E-state index contributed by atoms with van der Waals surface area (Å²) in [6, 6.07) is 41.1. The number of rotatable bonds is 3. The topological polar surface area (TPSA) is 3.24 Å². The van der Waals surface area contributed by atoms with E-state index in [1.165, 1.54) is 85.6 Å². The predicted octanol–water partition coefficient (Wildman–Crippen LogP) is 10.1. The second kappa shape index (κ2) is 8.91. The molecule has 198 valence electrons. The maximum atomic E-state index is 2.55. The van der Waals surface area contributed by atoms with Gasteiger partial charge in [0.05, 0.1) is 5.69 Å². The number of fused-ring (bicyclic) bond motifs is 3. The van der Waals surface area contributed by atoms with Gasteiger partial charge in [-0.25, -0.2) is 0 Å². The Hall–Kier alpha value is -3.67. The summed E-state index contributed by atoms with van der Waals surface area (Å²) in [5, 5.41) is 11.2. The van der Waals surface area contributed by atoms with Crippen LogP contribution in [0.15, 0.2) is 109 Å². The van der Waals surface area contributed by atoms with Crippen molar-refractivity contribution in [3.63, 3.8) is 0 Å². The molecule has 8 rings (SSSR count). The lowest BCUT2D eigenvalue weighted by molar-refractivity contribution is 1.30. The molecule has 0 unspecified atom stereocenters. The van der Waals surface area contributed by atoms with Crippen LogP contribution in [0.3, 0.4) is 0 Å². The SMILES string of the molecule is Cc1cc(I)c2ccc3c(C)cc(N(c4ccccc4)c4cccc5c4[Si](C)(C)c4ccccc4-5)c4ccc1c2c34. The highest BCUT2D eigenvalue weighted by molar-refractivity contribution is 14.1. The maximum Gasteiger partial charge on any atom is 0.116 e. The average molecular weight is 656 g/mol. The van der Waals surface area contributed by atoms with E-state index in [9.17, 15) is 0 Å². The van der Waals surface area contributed by atoms with E-state index in [4.69, 9.17) is 0 Å². The molecule has 0 atom stereocenters. The lowest BCUT2D eigenvalue weighted by atomic mass is 9.89. The molecule has 41 heavy (non-hydrogen) atoms. The van der Waals surface area contributed by atoms with E-state index in [-0.39, 0.29) is 0 Å². The van der Waals surface area contributed by atoms with Gasteiger partial charge in [-0.05, 0) is 126 Å². The van der Waals surface area contributed by atoms with Crippen LogP contribution < -0.4 is 15.3 Å². The highest BCUT2D eigenvalue weighted by Crippen LogP contribution is 2.47. The Morgan fingerprint density at radius 3 is 1.95 bits per heavy atom. The Morgan fingerprint density at radius 2 is 1.17 bits per heavy atom. The first-order valence-electron chi connectivity index (χ1n) is 14.3. The van der Waals surface area contributed by atoms with Gasteiger partial charge >= 0.3 is 0 Å². The van der Waals surface area contributed by atoms with Crippen molar-refractivity contribution in [2.75, 3.05) is 4.90 Å². The summed E-state index contributed by atoms with van der Waals surface area (Å²) < 4.78 is 1.32. The summed E-state index contributed by atoms with van der Waals surface area (Å²) in [5.41, 5.74) is 9.21. The number of anilines is 3. The molecule has 0 aromatic heterocycles. The molecule has 0 aliphatic carbocycles. The minimum atomic E-state index is -1.96. The number of aryl methyl sites for hydroxylation is 2. The summed E-state index contributed by atoms with van der Waals surface area (Å²) in [7, 11) is -1.96. The third kappa shape index (κ3) is 3.45. The molecule has 1 aliphatic heterocycles. The molecule has 1 nitrogen and oxygen atoms in total. The van der Waals surface area contributed by atoms with Crippen molar-refractivity contribution >= 4 is 90.4 Å². The number of halogens is 1. The lowest BCUT2D eigenvalue weighted by Gasteiger charge is -2.33. The molecule has 0 saturated carbocycles. The van der Waals surface area contributed by atoms with E-state index >= 15 is 0 Å². The highest BCUT2D eigenvalue weighted by Gasteiger charge is 2.40. The van der Waals surface area contributed by atoms with E-state index in [1.54, 1.807) is 0 Å². The highest BCUT2D eigenvalue weighted by atomic mass is 127. The van der Waals surface area contributed by atoms with Gasteiger partial charge < -0.3 is 4.90 Å². The van der Waals surface area contributed by atoms with Crippen LogP contribution in [0, 0.1) is 17.4 Å². The monoisotopic (exact) mass is 655 g/mol. The molecule has 1 aliphatic rings. The summed E-state index contributed by atoms with van der Waals surface area (Å²) in [6.07, 6.45) is 0. The number of hydrogen-bond donors (Lipinski definition) is 0. The zero-order valence-electron chi connectivity index (χ0n) is 23.7. The van der Waals surface area contributed by atoms with E-state index in [0.29, 0.717) is 0 Å². The number of nitrogens with zero attached hydrogens (tertiary/aromatic N) is 1. The Bertz CT molecular complexity index is 2140. The minimum Gasteiger partial charge on any atom is -0.310 e. The Morgan fingerprint density at radius 1 is 0.561 bits per heavy atom. The number of benzene rings is 7. The fourth-order valence-corrected chi connectivity index (χ4v) is 11.8. The molecule has 0 amide bonds. The molecule has 3 heteroatoms. The van der Waals surface area contributed by atoms with Crippen LogP contribution in [-0.2, 0) is 0 Å². The van der Waals surface area contributed by atoms with Gasteiger partial charge in [-0.1, -0.05) is 92.0 Å². The van der Waals surface area contributed by atoms with Crippen LogP contribution in [-0.4, -0.2) is 8.07 Å². The molecule has 7 aromatic rings. The molecule has 0 radical (unpaired) electrons. The first-order chi connectivity index (χ1) is 19.9. The van der Waals surface area contributed by atoms with Crippen molar-refractivity contribution in [1.29, 1.82) is 0 Å². The van der Waals surface area contributed by atoms with Crippen molar-refractivity contribution in [3.8, 4) is 11.1 Å². The van der Waals surface area contributed by atoms with E-state index < -0.39 is 8.07 Å². The van der Waals surface area contributed by atoms with E-state index in [2.05, 4.69) is 164 Å². The van der Waals surface area contributed by atoms with Crippen LogP contribution in [0.4, 0.5) is 17.1 Å². The average Bonchev–Trinajstić information content (AvgIpc) is 3.22. The van der Waals surface area contributed by atoms with Crippen LogP contribution in [0.25, 0.3) is 43.4 Å². The third-order valence-electron chi connectivity index (χ3n) is 9.29. The summed E-state index contributed by atoms with van der Waals surface area (Å²) >= 11 is 2.51. The van der Waals surface area contributed by atoms with Crippen molar-refractivity contribution in [2.45, 2.75) is 26.9 Å². The molecular weight excluding hydrogens is 625 g/mol. The van der Waals surface area contributed by atoms with E-state index in [0.717, 1.165) is 0 Å². The van der Waals surface area contributed by atoms with Crippen LogP contribution in [0.2, 0.25) is 13.1 Å². The van der Waals surface area contributed by atoms with Crippen molar-refractivity contribution in [3.05, 3.63) is 124 Å². The van der Waals surface area contributed by atoms with Gasteiger partial charge in [0, 0.05) is 20.3 Å². The number of hydrogen-bond acceptors (Lipinski definition) is 1. The Kier molecular flexibility index (Phi) is 5.45. The van der Waals surface area contributed by atoms with Gasteiger partial charge in [0.2, 0.25) is 0 Å². The Balaban J connectivity index is 1.51. The predicted molar refractivity (Wildman–Crippen MR) is 189 cm³/mol. The molecule has 7 aromatic carbocycles. The van der Waals surface area contributed by atoms with Crippen molar-refractivity contribution < 1.29 is 0 Å². The molecular formula is C38H30INSi. The summed E-state index contributed by atoms with van der Waals surface area (Å²) in [5.74, 6) is 0. The minimum absolute atomic E-state index is 1.20. The zero-order valence-corrected chi connectivity index (χ0v) is 26.9. The standard InChI is InChI=1S/C38H30INSi/c1-23-21-32(39)30-19-17-27-24(2)22-34(31-20-18-26(23)36(30)37(27)31)40(25-11-6-5-7-12-25)33-15-10-14-29-28-13-8-9-16-35(28)41(3,4)38(29)33/h5-22H,1-4H3. The van der Waals surface area contributed by atoms with Gasteiger partial charge in [0.1, 0.15) is 8.07 Å². The fraction of sp³-hybridized carbons (Fsp3) is 0.105. The van der Waals surface area contributed by atoms with E-state index in [1.807, 2.05) is 0 Å². The second-order valence-electron chi connectivity index (χ2n) is 12.0. The van der Waals surface area contributed by atoms with Crippen molar-refractivity contribution in [2.24, 2.45) is 0 Å². The van der Waals surface area contributed by atoms with Crippen LogP contribution in [0.1, 0.15) is 11.1 Å². The molecule has 0 N–H and O–H groups in total. The molecule has 0 spiro atoms. The van der Waals surface area contributed by atoms with Gasteiger partial charge in [0.15, 0.2) is 0 Å². The molecule has 0 bridgehead atoms. The summed E-state index contributed by atoms with van der Waals surface area (Å²) in [6.45, 7) is 9.56. The zero-order chi connectivity index (χ0) is 28.0. The number of para-hydroxylation sites is 1. The largest absolute Gasteiger partial charge is 0.310 e. The normalized spacial score (nSPS) is 13.7. The van der Waals surface area contributed by atoms with Gasteiger partial charge in [-0.2, -0.15) is 0 Å². The first kappa shape index (κ1) is 25.1. The first-order valence-corrected chi connectivity index (χ1v) is 18.4. The molecule has 0 fully saturated rings. The smallest absolute Gasteiger partial charge is 0.116 e. The lowest BCUT2D eigenvalue weighted by Crippen LogP contribution is -2.50. The quantitative estimate of drug-likeness (QED) is 0.104. The van der Waals surface area contributed by atoms with Gasteiger partial charge in [-0.15, -0.1) is 0 Å². The van der Waals surface area contributed by atoms with Gasteiger partial charge in [0.25, 0.3) is 0 Å². The Labute approximate surface area is 255 Å². The van der Waals surface area contributed by atoms with Crippen LogP contribution in [0.5, 0.6) is 0 Å². The molecule has 0 saturated heterocycles. The van der Waals surface area contributed by atoms with Crippen molar-refractivity contribution in [1.82, 2.24) is 0 Å². The van der Waals surface area contributed by atoms with Crippen LogP contribution >= 0.6 is 22.6 Å². The summed E-state index contributed by atoms with van der Waals surface area (Å²) in [4.78, 5) is 2.55. The van der Waals surface area contributed by atoms with Gasteiger partial charge in [-0.3, -0.25) is 0 Å². The third-order valence-corrected chi connectivity index (χ3v) is 13.7. The fourth-order valence-electron chi connectivity index (χ4n) is 7.45. The second-order valence-corrected chi connectivity index (χ2v) is 17.5.